The third kappa shape index (κ3) is 3.15. The molecule has 0 amide bonds. The molecule has 0 aliphatic carbocycles. The SMILES string of the molecule is Cc1cccc(/C=C\c2nc(-c3cc(C(=O)O)co3)cs2)c1. The van der Waals surface area contributed by atoms with Gasteiger partial charge in [0.2, 0.25) is 0 Å². The Balaban J connectivity index is 1.80. The number of nitrogens with zero attached hydrogens (tertiary/aromatic N) is 1. The van der Waals surface area contributed by atoms with Gasteiger partial charge in [-0.15, -0.1) is 11.3 Å². The lowest BCUT2D eigenvalue weighted by Gasteiger charge is -1.94. The minimum Gasteiger partial charge on any atom is -0.478 e. The zero-order valence-electron chi connectivity index (χ0n) is 11.8. The number of hydrogen-bond donors (Lipinski definition) is 1. The molecule has 0 saturated carbocycles. The van der Waals surface area contributed by atoms with Crippen LogP contribution in [0.1, 0.15) is 26.5 Å². The lowest BCUT2D eigenvalue weighted by atomic mass is 10.1. The highest BCUT2D eigenvalue weighted by molar-refractivity contribution is 7.10. The number of benzene rings is 1. The number of aryl methyl sites for hydroxylation is 1. The molecule has 0 aliphatic rings. The molecule has 110 valence electrons. The van der Waals surface area contributed by atoms with Crippen LogP contribution in [0.4, 0.5) is 0 Å². The maximum Gasteiger partial charge on any atom is 0.338 e. The van der Waals surface area contributed by atoms with Crippen LogP contribution in [0.25, 0.3) is 23.6 Å². The van der Waals surface area contributed by atoms with Gasteiger partial charge in [-0.3, -0.25) is 0 Å². The van der Waals surface area contributed by atoms with Gasteiger partial charge >= 0.3 is 5.97 Å². The van der Waals surface area contributed by atoms with E-state index in [4.69, 9.17) is 9.52 Å². The number of rotatable bonds is 4. The van der Waals surface area contributed by atoms with Gasteiger partial charge in [-0.2, -0.15) is 0 Å². The van der Waals surface area contributed by atoms with Crippen LogP contribution in [0.2, 0.25) is 0 Å². The van der Waals surface area contributed by atoms with E-state index in [-0.39, 0.29) is 5.56 Å². The van der Waals surface area contributed by atoms with Gasteiger partial charge in [0.05, 0.1) is 5.56 Å². The smallest absolute Gasteiger partial charge is 0.338 e. The van der Waals surface area contributed by atoms with Gasteiger partial charge in [0.15, 0.2) is 5.76 Å². The van der Waals surface area contributed by atoms with Crippen molar-refractivity contribution in [3.63, 3.8) is 0 Å². The number of carboxylic acids is 1. The molecule has 1 aromatic carbocycles. The van der Waals surface area contributed by atoms with Gasteiger partial charge in [0.1, 0.15) is 17.0 Å². The fourth-order valence-corrected chi connectivity index (χ4v) is 2.70. The Hall–Kier alpha value is -2.66. The molecule has 0 atom stereocenters. The topological polar surface area (TPSA) is 63.3 Å². The van der Waals surface area contributed by atoms with Crippen molar-refractivity contribution in [2.45, 2.75) is 6.92 Å². The second kappa shape index (κ2) is 5.99. The van der Waals surface area contributed by atoms with Gasteiger partial charge in [0, 0.05) is 11.4 Å². The van der Waals surface area contributed by atoms with Crippen molar-refractivity contribution >= 4 is 29.5 Å². The summed E-state index contributed by atoms with van der Waals surface area (Å²) in [4.78, 5) is 15.3. The van der Waals surface area contributed by atoms with E-state index < -0.39 is 5.97 Å². The van der Waals surface area contributed by atoms with Crippen LogP contribution in [-0.2, 0) is 0 Å². The highest BCUT2D eigenvalue weighted by atomic mass is 32.1. The molecule has 22 heavy (non-hydrogen) atoms. The normalized spacial score (nSPS) is 11.1. The molecule has 3 aromatic rings. The van der Waals surface area contributed by atoms with E-state index in [9.17, 15) is 4.79 Å². The molecule has 4 nitrogen and oxygen atoms in total. The Morgan fingerprint density at radius 2 is 2.18 bits per heavy atom. The number of carbonyl (C=O) groups is 1. The molecule has 5 heteroatoms. The summed E-state index contributed by atoms with van der Waals surface area (Å²) in [7, 11) is 0. The summed E-state index contributed by atoms with van der Waals surface area (Å²) < 4.78 is 5.24. The van der Waals surface area contributed by atoms with Crippen molar-refractivity contribution in [1.29, 1.82) is 0 Å². The van der Waals surface area contributed by atoms with Crippen LogP contribution in [0.15, 0.2) is 46.4 Å². The zero-order valence-corrected chi connectivity index (χ0v) is 12.6. The minimum absolute atomic E-state index is 0.125. The zero-order chi connectivity index (χ0) is 15.5. The summed E-state index contributed by atoms with van der Waals surface area (Å²) in [6.07, 6.45) is 5.16. The van der Waals surface area contributed by atoms with Crippen molar-refractivity contribution in [2.24, 2.45) is 0 Å². The van der Waals surface area contributed by atoms with Gasteiger partial charge < -0.3 is 9.52 Å². The third-order valence-electron chi connectivity index (χ3n) is 3.08. The quantitative estimate of drug-likeness (QED) is 0.766. The van der Waals surface area contributed by atoms with Crippen molar-refractivity contribution in [3.05, 3.63) is 63.7 Å². The Morgan fingerprint density at radius 1 is 1.32 bits per heavy atom. The van der Waals surface area contributed by atoms with E-state index >= 15 is 0 Å². The first-order chi connectivity index (χ1) is 10.6. The maximum absolute atomic E-state index is 10.8. The monoisotopic (exact) mass is 311 g/mol. The highest BCUT2D eigenvalue weighted by Gasteiger charge is 2.11. The molecule has 2 aromatic heterocycles. The predicted molar refractivity (Wildman–Crippen MR) is 86.9 cm³/mol. The van der Waals surface area contributed by atoms with E-state index in [1.54, 1.807) is 0 Å². The molecule has 0 radical (unpaired) electrons. The average Bonchev–Trinajstić information content (AvgIpc) is 3.14. The van der Waals surface area contributed by atoms with Gasteiger partial charge in [0.25, 0.3) is 0 Å². The molecule has 0 aliphatic heterocycles. The Morgan fingerprint density at radius 3 is 2.91 bits per heavy atom. The lowest BCUT2D eigenvalue weighted by Crippen LogP contribution is -1.91. The molecule has 0 unspecified atom stereocenters. The summed E-state index contributed by atoms with van der Waals surface area (Å²) in [5.74, 6) is -0.548. The first-order valence-electron chi connectivity index (χ1n) is 6.64. The van der Waals surface area contributed by atoms with Gasteiger partial charge in [-0.25, -0.2) is 9.78 Å². The molecular weight excluding hydrogens is 298 g/mol. The van der Waals surface area contributed by atoms with Gasteiger partial charge in [-0.1, -0.05) is 35.9 Å². The van der Waals surface area contributed by atoms with E-state index in [1.165, 1.54) is 29.2 Å². The lowest BCUT2D eigenvalue weighted by molar-refractivity contribution is 0.0696. The minimum atomic E-state index is -1.01. The summed E-state index contributed by atoms with van der Waals surface area (Å²) in [6, 6.07) is 9.67. The molecule has 0 fully saturated rings. The van der Waals surface area contributed by atoms with E-state index in [1.807, 2.05) is 29.7 Å². The van der Waals surface area contributed by atoms with E-state index in [0.717, 1.165) is 10.6 Å². The number of aromatic carboxylic acids is 1. The molecular formula is C17H13NO3S. The van der Waals surface area contributed by atoms with Crippen molar-refractivity contribution in [1.82, 2.24) is 4.98 Å². The maximum atomic E-state index is 10.8. The second-order valence-corrected chi connectivity index (χ2v) is 5.71. The van der Waals surface area contributed by atoms with Crippen molar-refractivity contribution in [3.8, 4) is 11.5 Å². The number of furan rings is 1. The summed E-state index contributed by atoms with van der Waals surface area (Å²) >= 11 is 1.48. The molecule has 2 heterocycles. The predicted octanol–water partition coefficient (Wildman–Crippen LogP) is 4.58. The van der Waals surface area contributed by atoms with Crippen molar-refractivity contribution in [2.75, 3.05) is 0 Å². The van der Waals surface area contributed by atoms with Crippen LogP contribution in [0.3, 0.4) is 0 Å². The largest absolute Gasteiger partial charge is 0.478 e. The van der Waals surface area contributed by atoms with Gasteiger partial charge in [-0.05, 0) is 18.6 Å². The first kappa shape index (κ1) is 14.3. The highest BCUT2D eigenvalue weighted by Crippen LogP contribution is 2.25. The Labute approximate surface area is 131 Å². The molecule has 0 bridgehead atoms. The standard InChI is InChI=1S/C17H13NO3S/c1-11-3-2-4-12(7-11)5-6-16-18-14(10-22-16)15-8-13(9-21-15)17(19)20/h2-10H,1H3,(H,19,20)/b6-5-. The Bertz CT molecular complexity index is 845. The van der Waals surface area contributed by atoms with Crippen LogP contribution in [0, 0.1) is 6.92 Å². The van der Waals surface area contributed by atoms with Crippen LogP contribution < -0.4 is 0 Å². The summed E-state index contributed by atoms with van der Waals surface area (Å²) in [5.41, 5.74) is 3.09. The van der Waals surface area contributed by atoms with Crippen LogP contribution >= 0.6 is 11.3 Å². The fourth-order valence-electron chi connectivity index (χ4n) is 2.00. The van der Waals surface area contributed by atoms with Crippen molar-refractivity contribution < 1.29 is 14.3 Å². The number of carboxylic acid groups (broad SMARTS) is 1. The second-order valence-electron chi connectivity index (χ2n) is 4.82. The van der Waals surface area contributed by atoms with Crippen LogP contribution in [-0.4, -0.2) is 16.1 Å². The van der Waals surface area contributed by atoms with E-state index in [2.05, 4.69) is 24.0 Å². The molecule has 0 saturated heterocycles. The summed E-state index contributed by atoms with van der Waals surface area (Å²) in [6.45, 7) is 2.05. The molecule has 3 rings (SSSR count). The molecule has 1 N–H and O–H groups in total. The summed E-state index contributed by atoms with van der Waals surface area (Å²) in [5, 5.41) is 11.6. The van der Waals surface area contributed by atoms with E-state index in [0.29, 0.717) is 11.5 Å². The fraction of sp³-hybridized carbons (Fsp3) is 0.0588. The number of hydrogen-bond acceptors (Lipinski definition) is 4. The Kier molecular flexibility index (Phi) is 3.89. The first-order valence-corrected chi connectivity index (χ1v) is 7.52. The number of thiazole rings is 1. The third-order valence-corrected chi connectivity index (χ3v) is 3.89. The average molecular weight is 311 g/mol. The molecule has 0 spiro atoms. The number of aromatic nitrogens is 1. The van der Waals surface area contributed by atoms with Crippen LogP contribution in [0.5, 0.6) is 0 Å².